The quantitative estimate of drug-likeness (QED) is 0.147. The molecule has 0 saturated heterocycles. The van der Waals surface area contributed by atoms with Crippen molar-refractivity contribution in [3.05, 3.63) is 98.8 Å². The zero-order chi connectivity index (χ0) is 32.9. The molecule has 1 aliphatic rings. The Labute approximate surface area is 257 Å². The third kappa shape index (κ3) is 6.84. The van der Waals surface area contributed by atoms with E-state index < -0.39 is 93.0 Å². The van der Waals surface area contributed by atoms with Gasteiger partial charge in [0.2, 0.25) is 11.7 Å². The van der Waals surface area contributed by atoms with Gasteiger partial charge in [0.15, 0.2) is 5.78 Å². The van der Waals surface area contributed by atoms with Crippen LogP contribution in [0.1, 0.15) is 38.5 Å². The number of nitrogens with one attached hydrogen (secondary N) is 1. The number of hydrogen-bond donors (Lipinski definition) is 1. The maximum absolute atomic E-state index is 14.9. The van der Waals surface area contributed by atoms with Gasteiger partial charge in [-0.3, -0.25) is 14.4 Å². The molecule has 0 spiro atoms. The SMILES string of the molecule is O=C(Cc1ccc(F)c(CC(=O)C(F)(F)F)c1F)c1cc(NC(=O)[C@H]2[C@H](c3ccc(F)c(C(F)(F)F)c3)C2(Cl)Cl)ccc1Cl. The molecule has 3 aromatic rings. The number of benzene rings is 3. The van der Waals surface area contributed by atoms with Crippen molar-refractivity contribution in [1.29, 1.82) is 0 Å². The van der Waals surface area contributed by atoms with Gasteiger partial charge in [0, 0.05) is 35.6 Å². The van der Waals surface area contributed by atoms with Crippen LogP contribution in [0.2, 0.25) is 5.02 Å². The van der Waals surface area contributed by atoms with Gasteiger partial charge in [-0.05, 0) is 47.5 Å². The van der Waals surface area contributed by atoms with Gasteiger partial charge in [-0.15, -0.1) is 23.2 Å². The highest BCUT2D eigenvalue weighted by molar-refractivity contribution is 6.53. The first kappa shape index (κ1) is 33.6. The molecule has 0 unspecified atom stereocenters. The van der Waals surface area contributed by atoms with Gasteiger partial charge in [0.25, 0.3) is 0 Å². The molecule has 1 N–H and O–H groups in total. The Morgan fingerprint density at radius 1 is 0.841 bits per heavy atom. The Morgan fingerprint density at radius 2 is 1.48 bits per heavy atom. The average Bonchev–Trinajstić information content (AvgIpc) is 3.49. The maximum Gasteiger partial charge on any atom is 0.450 e. The maximum atomic E-state index is 14.9. The van der Waals surface area contributed by atoms with Crippen LogP contribution in [0.15, 0.2) is 48.5 Å². The summed E-state index contributed by atoms with van der Waals surface area (Å²) in [6, 6.07) is 6.90. The lowest BCUT2D eigenvalue weighted by molar-refractivity contribution is -0.170. The zero-order valence-electron chi connectivity index (χ0n) is 21.4. The lowest BCUT2D eigenvalue weighted by atomic mass is 9.98. The fraction of sp³-hybridized carbons (Fsp3) is 0.250. The van der Waals surface area contributed by atoms with Gasteiger partial charge in [0.05, 0.1) is 16.5 Å². The van der Waals surface area contributed by atoms with Gasteiger partial charge in [0.1, 0.15) is 21.8 Å². The fourth-order valence-corrected chi connectivity index (χ4v) is 5.58. The number of halogens is 12. The first-order chi connectivity index (χ1) is 20.2. The van der Waals surface area contributed by atoms with Gasteiger partial charge in [-0.25, -0.2) is 13.2 Å². The molecule has 0 radical (unpaired) electrons. The second-order valence-electron chi connectivity index (χ2n) is 9.75. The Balaban J connectivity index is 1.53. The van der Waals surface area contributed by atoms with E-state index in [2.05, 4.69) is 5.32 Å². The van der Waals surface area contributed by atoms with E-state index in [-0.39, 0.29) is 21.8 Å². The summed E-state index contributed by atoms with van der Waals surface area (Å²) < 4.78 is 118. The zero-order valence-corrected chi connectivity index (χ0v) is 23.7. The normalized spacial score (nSPS) is 17.7. The van der Waals surface area contributed by atoms with Crippen molar-refractivity contribution >= 4 is 58.0 Å². The molecule has 44 heavy (non-hydrogen) atoms. The minimum Gasteiger partial charge on any atom is -0.326 e. The van der Waals surface area contributed by atoms with Crippen LogP contribution in [-0.2, 0) is 28.6 Å². The number of rotatable bonds is 8. The van der Waals surface area contributed by atoms with Gasteiger partial charge < -0.3 is 5.32 Å². The van der Waals surface area contributed by atoms with Crippen molar-refractivity contribution in [1.82, 2.24) is 0 Å². The van der Waals surface area contributed by atoms with E-state index >= 15 is 0 Å². The van der Waals surface area contributed by atoms with Crippen LogP contribution in [0.3, 0.4) is 0 Å². The summed E-state index contributed by atoms with van der Waals surface area (Å²) in [6.45, 7) is 0. The molecule has 234 valence electrons. The highest BCUT2D eigenvalue weighted by Gasteiger charge is 2.67. The summed E-state index contributed by atoms with van der Waals surface area (Å²) in [5.41, 5.74) is -3.85. The smallest absolute Gasteiger partial charge is 0.326 e. The van der Waals surface area contributed by atoms with Crippen molar-refractivity contribution in [2.45, 2.75) is 35.4 Å². The first-order valence-electron chi connectivity index (χ1n) is 12.2. The van der Waals surface area contributed by atoms with Crippen LogP contribution in [0.25, 0.3) is 0 Å². The third-order valence-corrected chi connectivity index (χ3v) is 8.07. The number of hydrogen-bond acceptors (Lipinski definition) is 3. The Hall–Kier alpha value is -3.29. The minimum atomic E-state index is -5.35. The Bertz CT molecular complexity index is 1670. The van der Waals surface area contributed by atoms with E-state index in [9.17, 15) is 53.9 Å². The summed E-state index contributed by atoms with van der Waals surface area (Å²) in [7, 11) is 0. The van der Waals surface area contributed by atoms with Crippen LogP contribution >= 0.6 is 34.8 Å². The van der Waals surface area contributed by atoms with Gasteiger partial charge >= 0.3 is 12.4 Å². The molecular formula is C28H15Cl3F9NO3. The number of Topliss-reactive ketones (excluding diaryl/α,β-unsaturated/α-hetero) is 2. The standard InChI is InChI=1S/C28H15Cl3F9NO3/c29-17-4-3-13(41-25(44)23-22(26(23,30)31)11-1-6-19(33)16(7-11)27(35,36)37)9-14(17)20(42)8-12-2-5-18(32)15(24(12)34)10-21(43)28(38,39)40/h1-7,9,22-23H,8,10H2,(H,41,44)/t22-,23+/m0/s1. The molecule has 0 aliphatic heterocycles. The van der Waals surface area contributed by atoms with E-state index in [1.807, 2.05) is 0 Å². The predicted octanol–water partition coefficient (Wildman–Crippen LogP) is 8.40. The second kappa shape index (κ2) is 11.9. The monoisotopic (exact) mass is 689 g/mol. The van der Waals surface area contributed by atoms with E-state index in [1.165, 1.54) is 6.07 Å². The van der Waals surface area contributed by atoms with Gasteiger partial charge in [-0.1, -0.05) is 23.7 Å². The highest BCUT2D eigenvalue weighted by atomic mass is 35.5. The molecule has 16 heteroatoms. The van der Waals surface area contributed by atoms with E-state index in [0.29, 0.717) is 18.2 Å². The van der Waals surface area contributed by atoms with Crippen LogP contribution in [0.4, 0.5) is 45.2 Å². The summed E-state index contributed by atoms with van der Waals surface area (Å²) in [6.07, 6.45) is -12.8. The number of carbonyl (C=O) groups excluding carboxylic acids is 3. The van der Waals surface area contributed by atoms with Crippen molar-refractivity contribution in [3.63, 3.8) is 0 Å². The average molecular weight is 691 g/mol. The van der Waals surface area contributed by atoms with Crippen molar-refractivity contribution < 1.29 is 53.9 Å². The summed E-state index contributed by atoms with van der Waals surface area (Å²) in [5, 5.41) is 2.19. The largest absolute Gasteiger partial charge is 0.450 e. The Kier molecular flexibility index (Phi) is 9.09. The molecule has 0 bridgehead atoms. The van der Waals surface area contributed by atoms with Crippen LogP contribution in [0.5, 0.6) is 0 Å². The van der Waals surface area contributed by atoms with Crippen molar-refractivity contribution in [3.8, 4) is 0 Å². The molecule has 1 fully saturated rings. The van der Waals surface area contributed by atoms with Crippen molar-refractivity contribution in [2.75, 3.05) is 5.32 Å². The fourth-order valence-electron chi connectivity index (χ4n) is 4.53. The lowest BCUT2D eigenvalue weighted by Crippen LogP contribution is -2.25. The number of alkyl halides is 8. The van der Waals surface area contributed by atoms with E-state index in [0.717, 1.165) is 24.3 Å². The Morgan fingerprint density at radius 3 is 2.09 bits per heavy atom. The molecule has 1 aliphatic carbocycles. The second-order valence-corrected chi connectivity index (χ2v) is 11.6. The summed E-state index contributed by atoms with van der Waals surface area (Å²) in [4.78, 5) is 37.2. The number of amides is 1. The van der Waals surface area contributed by atoms with Crippen LogP contribution in [-0.4, -0.2) is 28.0 Å². The number of ketones is 2. The summed E-state index contributed by atoms with van der Waals surface area (Å²) >= 11 is 18.4. The number of anilines is 1. The minimum absolute atomic E-state index is 0.0799. The van der Waals surface area contributed by atoms with Gasteiger partial charge in [-0.2, -0.15) is 26.3 Å². The molecule has 4 rings (SSSR count). The molecule has 0 heterocycles. The summed E-state index contributed by atoms with van der Waals surface area (Å²) in [5.74, 6) is -11.2. The molecule has 1 saturated carbocycles. The van der Waals surface area contributed by atoms with E-state index in [1.54, 1.807) is 0 Å². The van der Waals surface area contributed by atoms with Crippen molar-refractivity contribution in [2.24, 2.45) is 5.92 Å². The van der Waals surface area contributed by atoms with Crippen LogP contribution in [0, 0.1) is 23.4 Å². The predicted molar refractivity (Wildman–Crippen MR) is 141 cm³/mol. The molecule has 2 atom stereocenters. The molecule has 1 amide bonds. The number of carbonyl (C=O) groups is 3. The molecule has 4 nitrogen and oxygen atoms in total. The lowest BCUT2D eigenvalue weighted by Gasteiger charge is -2.12. The highest BCUT2D eigenvalue weighted by Crippen LogP contribution is 2.65. The molecule has 0 aromatic heterocycles. The van der Waals surface area contributed by atoms with E-state index in [4.69, 9.17) is 34.8 Å². The third-order valence-electron chi connectivity index (χ3n) is 6.80. The topological polar surface area (TPSA) is 63.2 Å². The molecular weight excluding hydrogens is 676 g/mol. The molecule has 3 aromatic carbocycles. The first-order valence-corrected chi connectivity index (χ1v) is 13.3. The van der Waals surface area contributed by atoms with Crippen LogP contribution < -0.4 is 5.32 Å².